The number of rotatable bonds is 7. The standard InChI is InChI=1S/C13H20N6O4/c1-23-7-6-19-8-15-18-10(19)4-5-14-12(21)9-2-3-11(20)17-13(22)16-9/h8-9H,2-7H2,1H3,(H,14,21)(H2,16,17,20,22). The fraction of sp³-hybridized carbons (Fsp3) is 0.615. The predicted molar refractivity (Wildman–Crippen MR) is 78.3 cm³/mol. The third-order valence-corrected chi connectivity index (χ3v) is 3.41. The van der Waals surface area contributed by atoms with Crippen molar-refractivity contribution in [3.05, 3.63) is 12.2 Å². The van der Waals surface area contributed by atoms with E-state index in [1.54, 1.807) is 13.4 Å². The Morgan fingerprint density at radius 1 is 1.52 bits per heavy atom. The Bertz CT molecular complexity index is 573. The molecule has 3 N–H and O–H groups in total. The van der Waals surface area contributed by atoms with Crippen molar-refractivity contribution < 1.29 is 19.1 Å². The number of ether oxygens (including phenoxy) is 1. The normalized spacial score (nSPS) is 18.0. The highest BCUT2D eigenvalue weighted by Crippen LogP contribution is 2.02. The summed E-state index contributed by atoms with van der Waals surface area (Å²) >= 11 is 0. The van der Waals surface area contributed by atoms with Crippen LogP contribution in [0.2, 0.25) is 0 Å². The summed E-state index contributed by atoms with van der Waals surface area (Å²) in [6, 6.07) is -1.36. The molecule has 1 aromatic rings. The van der Waals surface area contributed by atoms with E-state index in [0.717, 1.165) is 5.82 Å². The van der Waals surface area contributed by atoms with E-state index in [-0.39, 0.29) is 24.7 Å². The van der Waals surface area contributed by atoms with Gasteiger partial charge in [0.05, 0.1) is 6.61 Å². The van der Waals surface area contributed by atoms with Crippen LogP contribution < -0.4 is 16.0 Å². The summed E-state index contributed by atoms with van der Waals surface area (Å²) in [4.78, 5) is 34.6. The van der Waals surface area contributed by atoms with Crippen LogP contribution >= 0.6 is 0 Å². The smallest absolute Gasteiger partial charge is 0.322 e. The lowest BCUT2D eigenvalue weighted by Crippen LogP contribution is -2.48. The van der Waals surface area contributed by atoms with Gasteiger partial charge in [-0.25, -0.2) is 4.79 Å². The molecule has 2 heterocycles. The number of carbonyl (C=O) groups excluding carboxylic acids is 3. The zero-order chi connectivity index (χ0) is 16.7. The highest BCUT2D eigenvalue weighted by Gasteiger charge is 2.25. The highest BCUT2D eigenvalue weighted by atomic mass is 16.5. The lowest BCUT2D eigenvalue weighted by Gasteiger charge is -2.14. The maximum Gasteiger partial charge on any atom is 0.322 e. The summed E-state index contributed by atoms with van der Waals surface area (Å²) in [5.41, 5.74) is 0. The van der Waals surface area contributed by atoms with Crippen molar-refractivity contribution >= 4 is 17.8 Å². The molecule has 10 heteroatoms. The van der Waals surface area contributed by atoms with Gasteiger partial charge in [-0.05, 0) is 6.42 Å². The van der Waals surface area contributed by atoms with E-state index >= 15 is 0 Å². The molecule has 1 unspecified atom stereocenters. The second-order valence-corrected chi connectivity index (χ2v) is 5.09. The number of urea groups is 1. The molecule has 1 saturated heterocycles. The number of hydrogen-bond donors (Lipinski definition) is 3. The summed E-state index contributed by atoms with van der Waals surface area (Å²) in [5, 5.41) is 15.2. The molecule has 0 aliphatic carbocycles. The van der Waals surface area contributed by atoms with Crippen LogP contribution in [-0.2, 0) is 27.3 Å². The van der Waals surface area contributed by atoms with E-state index < -0.39 is 12.1 Å². The number of hydrogen-bond acceptors (Lipinski definition) is 6. The zero-order valence-electron chi connectivity index (χ0n) is 12.9. The molecule has 1 atom stereocenters. The quantitative estimate of drug-likeness (QED) is 0.564. The largest absolute Gasteiger partial charge is 0.383 e. The first-order valence-corrected chi connectivity index (χ1v) is 7.34. The van der Waals surface area contributed by atoms with E-state index in [4.69, 9.17) is 4.74 Å². The van der Waals surface area contributed by atoms with Crippen molar-refractivity contribution in [2.24, 2.45) is 0 Å². The lowest BCUT2D eigenvalue weighted by molar-refractivity contribution is -0.123. The van der Waals surface area contributed by atoms with Gasteiger partial charge in [-0.15, -0.1) is 10.2 Å². The van der Waals surface area contributed by atoms with Crippen LogP contribution in [-0.4, -0.2) is 58.9 Å². The molecule has 23 heavy (non-hydrogen) atoms. The van der Waals surface area contributed by atoms with Crippen molar-refractivity contribution in [2.75, 3.05) is 20.3 Å². The van der Waals surface area contributed by atoms with Crippen LogP contribution in [0.25, 0.3) is 0 Å². The molecular weight excluding hydrogens is 304 g/mol. The Balaban J connectivity index is 1.79. The van der Waals surface area contributed by atoms with Gasteiger partial charge in [-0.3, -0.25) is 14.9 Å². The Morgan fingerprint density at radius 3 is 3.13 bits per heavy atom. The molecule has 1 aliphatic heterocycles. The number of methoxy groups -OCH3 is 1. The minimum Gasteiger partial charge on any atom is -0.383 e. The fourth-order valence-electron chi connectivity index (χ4n) is 2.20. The minimum atomic E-state index is -0.715. The third kappa shape index (κ3) is 5.02. The number of nitrogens with one attached hydrogen (secondary N) is 3. The molecule has 0 saturated carbocycles. The van der Waals surface area contributed by atoms with Crippen molar-refractivity contribution in [3.8, 4) is 0 Å². The first-order valence-electron chi connectivity index (χ1n) is 7.34. The van der Waals surface area contributed by atoms with Gasteiger partial charge in [0.25, 0.3) is 0 Å². The molecule has 0 spiro atoms. The Kier molecular flexibility index (Phi) is 6.03. The maximum atomic E-state index is 12.1. The molecular formula is C13H20N6O4. The number of aromatic nitrogens is 3. The third-order valence-electron chi connectivity index (χ3n) is 3.41. The van der Waals surface area contributed by atoms with Crippen LogP contribution in [0.4, 0.5) is 4.79 Å². The molecule has 1 aromatic heterocycles. The Labute approximate surface area is 133 Å². The molecule has 4 amide bonds. The van der Waals surface area contributed by atoms with E-state index in [0.29, 0.717) is 26.1 Å². The molecule has 1 aliphatic rings. The summed E-state index contributed by atoms with van der Waals surface area (Å²) < 4.78 is 6.86. The number of nitrogens with zero attached hydrogens (tertiary/aromatic N) is 3. The molecule has 10 nitrogen and oxygen atoms in total. The van der Waals surface area contributed by atoms with Gasteiger partial charge in [0.15, 0.2) is 0 Å². The highest BCUT2D eigenvalue weighted by molar-refractivity contribution is 5.98. The molecule has 0 bridgehead atoms. The van der Waals surface area contributed by atoms with Crippen LogP contribution in [0.1, 0.15) is 18.7 Å². The summed E-state index contributed by atoms with van der Waals surface area (Å²) in [6.45, 7) is 1.55. The first-order chi connectivity index (χ1) is 11.1. The van der Waals surface area contributed by atoms with Crippen molar-refractivity contribution in [1.29, 1.82) is 0 Å². The summed E-state index contributed by atoms with van der Waals surface area (Å²) in [7, 11) is 1.62. The molecule has 126 valence electrons. The van der Waals surface area contributed by atoms with Gasteiger partial charge in [-0.2, -0.15) is 0 Å². The van der Waals surface area contributed by atoms with Crippen molar-refractivity contribution in [3.63, 3.8) is 0 Å². The van der Waals surface area contributed by atoms with Crippen molar-refractivity contribution in [1.82, 2.24) is 30.7 Å². The SMILES string of the molecule is COCCn1cnnc1CCNC(=O)C1CCC(=O)NC(=O)N1. The first kappa shape index (κ1) is 16.9. The second kappa shape index (κ2) is 8.22. The number of amides is 4. The minimum absolute atomic E-state index is 0.127. The van der Waals surface area contributed by atoms with Gasteiger partial charge < -0.3 is 19.9 Å². The lowest BCUT2D eigenvalue weighted by atomic mass is 10.1. The number of imide groups is 1. The monoisotopic (exact) mass is 324 g/mol. The maximum absolute atomic E-state index is 12.1. The van der Waals surface area contributed by atoms with Gasteiger partial charge in [0.1, 0.15) is 18.2 Å². The van der Waals surface area contributed by atoms with E-state index in [1.807, 2.05) is 4.57 Å². The van der Waals surface area contributed by atoms with Gasteiger partial charge in [0.2, 0.25) is 11.8 Å². The fourth-order valence-corrected chi connectivity index (χ4v) is 2.20. The van der Waals surface area contributed by atoms with Crippen LogP contribution in [0.5, 0.6) is 0 Å². The van der Waals surface area contributed by atoms with Crippen molar-refractivity contribution in [2.45, 2.75) is 31.8 Å². The van der Waals surface area contributed by atoms with Gasteiger partial charge in [0, 0.05) is 33.0 Å². The average Bonchev–Trinajstić information content (AvgIpc) is 2.88. The summed E-state index contributed by atoms with van der Waals surface area (Å²) in [6.07, 6.45) is 2.52. The van der Waals surface area contributed by atoms with E-state index in [9.17, 15) is 14.4 Å². The summed E-state index contributed by atoms with van der Waals surface area (Å²) in [5.74, 6) is 0.0333. The van der Waals surface area contributed by atoms with Crippen LogP contribution in [0, 0.1) is 0 Å². The molecule has 0 radical (unpaired) electrons. The topological polar surface area (TPSA) is 127 Å². The van der Waals surface area contributed by atoms with Crippen LogP contribution in [0.3, 0.4) is 0 Å². The predicted octanol–water partition coefficient (Wildman–Crippen LogP) is -1.43. The van der Waals surface area contributed by atoms with E-state index in [1.165, 1.54) is 0 Å². The van der Waals surface area contributed by atoms with E-state index in [2.05, 4.69) is 26.1 Å². The average molecular weight is 324 g/mol. The number of carbonyl (C=O) groups is 3. The van der Waals surface area contributed by atoms with Gasteiger partial charge in [-0.1, -0.05) is 0 Å². The van der Waals surface area contributed by atoms with Crippen LogP contribution in [0.15, 0.2) is 6.33 Å². The second-order valence-electron chi connectivity index (χ2n) is 5.09. The Morgan fingerprint density at radius 2 is 2.35 bits per heavy atom. The van der Waals surface area contributed by atoms with Gasteiger partial charge >= 0.3 is 6.03 Å². The Hall–Kier alpha value is -2.49. The molecule has 1 fully saturated rings. The molecule has 2 rings (SSSR count). The molecule has 0 aromatic carbocycles. The zero-order valence-corrected chi connectivity index (χ0v) is 12.9.